The summed E-state index contributed by atoms with van der Waals surface area (Å²) < 4.78 is 0. The lowest BCUT2D eigenvalue weighted by atomic mass is 10.1. The van der Waals surface area contributed by atoms with Crippen LogP contribution in [0.15, 0.2) is 23.2 Å². The molecule has 1 saturated heterocycles. The Labute approximate surface area is 181 Å². The molecule has 1 aromatic rings. The molecule has 2 amide bonds. The number of hydrazine groups is 1. The molecular formula is C20H31N7O4. The zero-order valence-electron chi connectivity index (χ0n) is 17.9. The fraction of sp³-hybridized carbons (Fsp3) is 0.550. The Bertz CT molecular complexity index is 828. The Morgan fingerprint density at radius 3 is 2.77 bits per heavy atom. The third kappa shape index (κ3) is 8.59. The summed E-state index contributed by atoms with van der Waals surface area (Å²) >= 11 is 0. The number of carbonyl (C=O) groups excluding carboxylic acids is 2. The van der Waals surface area contributed by atoms with Gasteiger partial charge in [0.25, 0.3) is 5.96 Å². The minimum atomic E-state index is -0.765. The van der Waals surface area contributed by atoms with Crippen LogP contribution in [0.3, 0.4) is 0 Å². The number of carbonyl (C=O) groups is 2. The first-order valence-corrected chi connectivity index (χ1v) is 10.4. The molecule has 1 fully saturated rings. The van der Waals surface area contributed by atoms with E-state index in [2.05, 4.69) is 20.9 Å². The molecule has 0 spiro atoms. The fourth-order valence-corrected chi connectivity index (χ4v) is 3.42. The minimum Gasteiger partial charge on any atom is -0.365 e. The van der Waals surface area contributed by atoms with Gasteiger partial charge in [-0.05, 0) is 44.7 Å². The summed E-state index contributed by atoms with van der Waals surface area (Å²) in [5.41, 5.74) is 10.0. The summed E-state index contributed by atoms with van der Waals surface area (Å²) in [6.07, 6.45) is 3.04. The number of rotatable bonds is 10. The third-order valence-corrected chi connectivity index (χ3v) is 5.00. The number of unbranched alkanes of at least 4 members (excludes halogenated alkanes) is 2. The highest BCUT2D eigenvalue weighted by Gasteiger charge is 2.30. The van der Waals surface area contributed by atoms with Crippen molar-refractivity contribution in [2.45, 2.75) is 58.0 Å². The highest BCUT2D eigenvalue weighted by molar-refractivity contribution is 5.95. The summed E-state index contributed by atoms with van der Waals surface area (Å²) in [5, 5.41) is 18.5. The van der Waals surface area contributed by atoms with Crippen LogP contribution in [-0.2, 0) is 9.59 Å². The second-order valence-electron chi connectivity index (χ2n) is 7.72. The average Bonchev–Trinajstić information content (AvgIpc) is 3.14. The van der Waals surface area contributed by atoms with Gasteiger partial charge in [0, 0.05) is 31.2 Å². The maximum Gasteiger partial charge on any atom is 0.251 e. The van der Waals surface area contributed by atoms with Crippen molar-refractivity contribution in [3.8, 4) is 0 Å². The number of hydrogen-bond donors (Lipinski definition) is 5. The molecule has 11 heteroatoms. The van der Waals surface area contributed by atoms with E-state index in [1.165, 1.54) is 0 Å². The SMILES string of the molecule is Cc1ccc(NC(=O)[C@@H]2C[C@H](NC(=O)CCCCCN=C(N)N[N+](=O)[O-])CN2)c(C)c1. The molecule has 1 aromatic carbocycles. The van der Waals surface area contributed by atoms with Gasteiger partial charge in [-0.3, -0.25) is 9.59 Å². The third-order valence-electron chi connectivity index (χ3n) is 5.00. The quantitative estimate of drug-likeness (QED) is 0.119. The lowest BCUT2D eigenvalue weighted by Gasteiger charge is -2.14. The molecule has 0 radical (unpaired) electrons. The van der Waals surface area contributed by atoms with Crippen molar-refractivity contribution in [2.75, 3.05) is 18.4 Å². The molecule has 31 heavy (non-hydrogen) atoms. The largest absolute Gasteiger partial charge is 0.365 e. The Morgan fingerprint density at radius 1 is 1.29 bits per heavy atom. The molecule has 2 rings (SSSR count). The minimum absolute atomic E-state index is 0.0553. The van der Waals surface area contributed by atoms with Gasteiger partial charge < -0.3 is 21.7 Å². The lowest BCUT2D eigenvalue weighted by molar-refractivity contribution is -0.525. The molecule has 0 saturated carbocycles. The van der Waals surface area contributed by atoms with E-state index in [9.17, 15) is 19.7 Å². The molecule has 1 aliphatic heterocycles. The first kappa shape index (κ1) is 24.1. The van der Waals surface area contributed by atoms with Crippen LogP contribution in [-0.4, -0.2) is 48.0 Å². The number of nitro groups is 1. The van der Waals surface area contributed by atoms with E-state index in [1.807, 2.05) is 32.0 Å². The number of aryl methyl sites for hydroxylation is 2. The van der Waals surface area contributed by atoms with Crippen LogP contribution < -0.4 is 27.1 Å². The fourth-order valence-electron chi connectivity index (χ4n) is 3.42. The van der Waals surface area contributed by atoms with Crippen molar-refractivity contribution < 1.29 is 14.6 Å². The number of aliphatic imine (C=N–C) groups is 1. The molecule has 1 heterocycles. The number of amides is 2. The zero-order chi connectivity index (χ0) is 22.8. The van der Waals surface area contributed by atoms with Gasteiger partial charge in [0.2, 0.25) is 11.8 Å². The molecule has 11 nitrogen and oxygen atoms in total. The highest BCUT2D eigenvalue weighted by atomic mass is 16.7. The topological polar surface area (TPSA) is 164 Å². The van der Waals surface area contributed by atoms with Gasteiger partial charge in [-0.25, -0.2) is 15.1 Å². The summed E-state index contributed by atoms with van der Waals surface area (Å²) in [7, 11) is 0. The standard InChI is InChI=1S/C20H31N7O4/c1-13-7-8-16(14(2)10-13)25-19(29)17-11-15(12-23-17)24-18(28)6-4-3-5-9-22-20(21)26-27(30)31/h7-8,10,15,17,23H,3-6,9,11-12H2,1-2H3,(H,24,28)(H,25,29)(H3,21,22,26)/t15-,17-/m0/s1. The molecule has 1 aliphatic rings. The van der Waals surface area contributed by atoms with Crippen molar-refractivity contribution in [2.24, 2.45) is 10.7 Å². The van der Waals surface area contributed by atoms with Crippen molar-refractivity contribution in [1.82, 2.24) is 16.1 Å². The van der Waals surface area contributed by atoms with Gasteiger partial charge >= 0.3 is 0 Å². The summed E-state index contributed by atoms with van der Waals surface area (Å²) in [6, 6.07) is 5.45. The predicted octanol–water partition coefficient (Wildman–Crippen LogP) is 0.745. The van der Waals surface area contributed by atoms with E-state index in [0.29, 0.717) is 38.8 Å². The molecular weight excluding hydrogens is 402 g/mol. The summed E-state index contributed by atoms with van der Waals surface area (Å²) in [6.45, 7) is 4.87. The van der Waals surface area contributed by atoms with Crippen LogP contribution >= 0.6 is 0 Å². The van der Waals surface area contributed by atoms with Crippen molar-refractivity contribution in [1.29, 1.82) is 0 Å². The Kier molecular flexibility index (Phi) is 9.19. The Balaban J connectivity index is 1.63. The van der Waals surface area contributed by atoms with Gasteiger partial charge in [0.05, 0.1) is 6.04 Å². The average molecular weight is 434 g/mol. The first-order chi connectivity index (χ1) is 14.7. The smallest absolute Gasteiger partial charge is 0.251 e. The molecule has 170 valence electrons. The van der Waals surface area contributed by atoms with Gasteiger partial charge in [0.1, 0.15) is 0 Å². The number of guanidine groups is 1. The van der Waals surface area contributed by atoms with Gasteiger partial charge in [-0.2, -0.15) is 0 Å². The maximum atomic E-state index is 12.5. The van der Waals surface area contributed by atoms with Crippen LogP contribution in [0.25, 0.3) is 0 Å². The van der Waals surface area contributed by atoms with Crippen LogP contribution in [0.4, 0.5) is 5.69 Å². The van der Waals surface area contributed by atoms with Crippen LogP contribution in [0.2, 0.25) is 0 Å². The number of nitrogens with one attached hydrogen (secondary N) is 4. The van der Waals surface area contributed by atoms with Gasteiger partial charge in [-0.1, -0.05) is 29.5 Å². The molecule has 2 atom stereocenters. The molecule has 6 N–H and O–H groups in total. The number of benzene rings is 1. The molecule has 0 aromatic heterocycles. The van der Waals surface area contributed by atoms with Crippen molar-refractivity contribution >= 4 is 23.5 Å². The lowest BCUT2D eigenvalue weighted by Crippen LogP contribution is -2.36. The van der Waals surface area contributed by atoms with E-state index < -0.39 is 5.03 Å². The maximum absolute atomic E-state index is 12.5. The summed E-state index contributed by atoms with van der Waals surface area (Å²) in [4.78, 5) is 38.7. The second kappa shape index (κ2) is 11.8. The van der Waals surface area contributed by atoms with Crippen molar-refractivity contribution in [3.63, 3.8) is 0 Å². The monoisotopic (exact) mass is 433 g/mol. The predicted molar refractivity (Wildman–Crippen MR) is 118 cm³/mol. The van der Waals surface area contributed by atoms with E-state index in [1.54, 1.807) is 5.43 Å². The molecule has 0 bridgehead atoms. The molecule has 0 aliphatic carbocycles. The van der Waals surface area contributed by atoms with E-state index >= 15 is 0 Å². The van der Waals surface area contributed by atoms with Gasteiger partial charge in [-0.15, -0.1) is 0 Å². The van der Waals surface area contributed by atoms with E-state index in [4.69, 9.17) is 5.73 Å². The summed E-state index contributed by atoms with van der Waals surface area (Å²) in [5.74, 6) is -0.386. The molecule has 0 unspecified atom stereocenters. The van der Waals surface area contributed by atoms with E-state index in [0.717, 1.165) is 23.2 Å². The normalized spacial score (nSPS) is 18.5. The highest BCUT2D eigenvalue weighted by Crippen LogP contribution is 2.17. The number of nitrogens with zero attached hydrogens (tertiary/aromatic N) is 2. The van der Waals surface area contributed by atoms with Crippen molar-refractivity contribution in [3.05, 3.63) is 39.4 Å². The first-order valence-electron chi connectivity index (χ1n) is 10.4. The van der Waals surface area contributed by atoms with Gasteiger partial charge in [0.15, 0.2) is 5.03 Å². The Morgan fingerprint density at radius 2 is 2.06 bits per heavy atom. The Hall–Kier alpha value is -3.21. The number of nitrogens with two attached hydrogens (primary N) is 1. The number of anilines is 1. The van der Waals surface area contributed by atoms with Crippen LogP contribution in [0.5, 0.6) is 0 Å². The van der Waals surface area contributed by atoms with Crippen LogP contribution in [0, 0.1) is 24.0 Å². The zero-order valence-corrected chi connectivity index (χ0v) is 17.9. The van der Waals surface area contributed by atoms with Crippen LogP contribution in [0.1, 0.15) is 43.2 Å². The van der Waals surface area contributed by atoms with E-state index in [-0.39, 0.29) is 29.9 Å². The second-order valence-corrected chi connectivity index (χ2v) is 7.72. The number of hydrogen-bond acceptors (Lipinski definition) is 6.